The molecule has 29 heavy (non-hydrogen) atoms. The summed E-state index contributed by atoms with van der Waals surface area (Å²) in [5, 5.41) is 13.9. The SMILES string of the molecule is O=C([C@H]1CC[C@@H](O)[C@H](Nc2cc(C3CC3)ncn2)C1)N1CCc2ccccc2C1. The fourth-order valence-corrected chi connectivity index (χ4v) is 4.72. The first-order valence-corrected chi connectivity index (χ1v) is 10.8. The average Bonchev–Trinajstić information content (AvgIpc) is 3.60. The van der Waals surface area contributed by atoms with Crippen LogP contribution in [0.2, 0.25) is 0 Å². The van der Waals surface area contributed by atoms with Gasteiger partial charge in [0.25, 0.3) is 0 Å². The van der Waals surface area contributed by atoms with E-state index in [1.165, 1.54) is 24.0 Å². The second kappa shape index (κ2) is 7.75. The third kappa shape index (κ3) is 3.99. The van der Waals surface area contributed by atoms with E-state index in [0.29, 0.717) is 25.3 Å². The number of hydrogen-bond donors (Lipinski definition) is 2. The van der Waals surface area contributed by atoms with Crippen LogP contribution in [0.3, 0.4) is 0 Å². The maximum Gasteiger partial charge on any atom is 0.226 e. The Balaban J connectivity index is 1.25. The Labute approximate surface area is 171 Å². The van der Waals surface area contributed by atoms with Crippen molar-refractivity contribution in [2.24, 2.45) is 5.92 Å². The maximum absolute atomic E-state index is 13.2. The van der Waals surface area contributed by atoms with E-state index >= 15 is 0 Å². The summed E-state index contributed by atoms with van der Waals surface area (Å²) >= 11 is 0. The summed E-state index contributed by atoms with van der Waals surface area (Å²) in [4.78, 5) is 23.9. The van der Waals surface area contributed by atoms with Crippen LogP contribution in [0.15, 0.2) is 36.7 Å². The maximum atomic E-state index is 13.2. The smallest absolute Gasteiger partial charge is 0.226 e. The highest BCUT2D eigenvalue weighted by Crippen LogP contribution is 2.39. The molecule has 2 aromatic rings. The molecule has 0 saturated heterocycles. The van der Waals surface area contributed by atoms with E-state index in [9.17, 15) is 9.90 Å². The minimum atomic E-state index is -0.458. The lowest BCUT2D eigenvalue weighted by Crippen LogP contribution is -2.46. The van der Waals surface area contributed by atoms with Gasteiger partial charge in [-0.25, -0.2) is 9.97 Å². The molecule has 2 fully saturated rings. The predicted octanol–water partition coefficient (Wildman–Crippen LogP) is 2.88. The van der Waals surface area contributed by atoms with Crippen LogP contribution in [-0.4, -0.2) is 44.6 Å². The van der Waals surface area contributed by atoms with Gasteiger partial charge < -0.3 is 15.3 Å². The third-order valence-corrected chi connectivity index (χ3v) is 6.62. The van der Waals surface area contributed by atoms with E-state index < -0.39 is 6.10 Å². The molecule has 1 amide bonds. The van der Waals surface area contributed by atoms with Gasteiger partial charge in [0.2, 0.25) is 5.91 Å². The standard InChI is InChI=1S/C23H28N4O2/c28-21-8-7-17(23(29)27-10-9-15-3-1-2-4-18(15)13-27)11-20(21)26-22-12-19(16-5-6-16)24-14-25-22/h1-4,12,14,16-17,20-21,28H,5-11,13H2,(H,24,25,26)/t17-,20+,21+/m0/s1. The number of fused-ring (bicyclic) bond motifs is 1. The fraction of sp³-hybridized carbons (Fsp3) is 0.522. The van der Waals surface area contributed by atoms with Crippen molar-refractivity contribution in [3.05, 3.63) is 53.5 Å². The van der Waals surface area contributed by atoms with Gasteiger partial charge in [-0.2, -0.15) is 0 Å². The van der Waals surface area contributed by atoms with Crippen LogP contribution in [0.5, 0.6) is 0 Å². The number of rotatable bonds is 4. The summed E-state index contributed by atoms with van der Waals surface area (Å²) in [6, 6.07) is 10.2. The Morgan fingerprint density at radius 2 is 1.93 bits per heavy atom. The number of nitrogens with zero attached hydrogens (tertiary/aromatic N) is 3. The molecular formula is C23H28N4O2. The van der Waals surface area contributed by atoms with Crippen molar-refractivity contribution in [2.75, 3.05) is 11.9 Å². The normalized spacial score (nSPS) is 26.7. The van der Waals surface area contributed by atoms with E-state index in [4.69, 9.17) is 0 Å². The number of nitrogens with one attached hydrogen (secondary N) is 1. The molecule has 1 aromatic heterocycles. The molecule has 2 aliphatic carbocycles. The molecule has 2 N–H and O–H groups in total. The highest BCUT2D eigenvalue weighted by atomic mass is 16.3. The zero-order valence-corrected chi connectivity index (χ0v) is 16.6. The van der Waals surface area contributed by atoms with E-state index in [1.807, 2.05) is 17.0 Å². The van der Waals surface area contributed by atoms with E-state index in [2.05, 4.69) is 33.5 Å². The van der Waals surface area contributed by atoms with Gasteiger partial charge in [-0.05, 0) is 49.7 Å². The molecule has 6 heteroatoms. The molecule has 1 aliphatic heterocycles. The van der Waals surface area contributed by atoms with Crippen molar-refractivity contribution in [1.82, 2.24) is 14.9 Å². The molecule has 1 aromatic carbocycles. The van der Waals surface area contributed by atoms with E-state index in [0.717, 1.165) is 30.9 Å². The second-order valence-electron chi connectivity index (χ2n) is 8.71. The van der Waals surface area contributed by atoms with Gasteiger partial charge in [-0.3, -0.25) is 4.79 Å². The van der Waals surface area contributed by atoms with Crippen molar-refractivity contribution in [2.45, 2.75) is 63.1 Å². The summed E-state index contributed by atoms with van der Waals surface area (Å²) in [7, 11) is 0. The van der Waals surface area contributed by atoms with E-state index in [-0.39, 0.29) is 17.9 Å². The Hall–Kier alpha value is -2.47. The second-order valence-corrected chi connectivity index (χ2v) is 8.71. The van der Waals surface area contributed by atoms with Gasteiger partial charge in [0.05, 0.1) is 12.1 Å². The molecule has 2 heterocycles. The van der Waals surface area contributed by atoms with Crippen molar-refractivity contribution in [1.29, 1.82) is 0 Å². The van der Waals surface area contributed by atoms with Crippen LogP contribution in [-0.2, 0) is 17.8 Å². The number of carbonyl (C=O) groups is 1. The summed E-state index contributed by atoms with van der Waals surface area (Å²) in [6.45, 7) is 1.48. The number of benzene rings is 1. The monoisotopic (exact) mass is 392 g/mol. The lowest BCUT2D eigenvalue weighted by Gasteiger charge is -2.37. The third-order valence-electron chi connectivity index (χ3n) is 6.62. The first-order valence-electron chi connectivity index (χ1n) is 10.8. The number of anilines is 1. The molecule has 6 nitrogen and oxygen atoms in total. The number of aliphatic hydroxyl groups excluding tert-OH is 1. The summed E-state index contributed by atoms with van der Waals surface area (Å²) in [5.41, 5.74) is 3.68. The van der Waals surface area contributed by atoms with E-state index in [1.54, 1.807) is 6.33 Å². The summed E-state index contributed by atoms with van der Waals surface area (Å²) in [6.07, 6.45) is 6.47. The topological polar surface area (TPSA) is 78.3 Å². The van der Waals surface area contributed by atoms with Crippen molar-refractivity contribution >= 4 is 11.7 Å². The van der Waals surface area contributed by atoms with Crippen molar-refractivity contribution in [3.8, 4) is 0 Å². The molecule has 2 saturated carbocycles. The van der Waals surface area contributed by atoms with Gasteiger partial charge in [0.15, 0.2) is 0 Å². The lowest BCUT2D eigenvalue weighted by molar-refractivity contribution is -0.138. The minimum absolute atomic E-state index is 0.0501. The highest BCUT2D eigenvalue weighted by molar-refractivity contribution is 5.79. The zero-order chi connectivity index (χ0) is 19.8. The van der Waals surface area contributed by atoms with Gasteiger partial charge in [-0.1, -0.05) is 24.3 Å². The highest BCUT2D eigenvalue weighted by Gasteiger charge is 2.36. The van der Waals surface area contributed by atoms with Gasteiger partial charge in [0.1, 0.15) is 12.1 Å². The van der Waals surface area contributed by atoms with Crippen LogP contribution < -0.4 is 5.32 Å². The number of carbonyl (C=O) groups excluding carboxylic acids is 1. The Bertz CT molecular complexity index is 898. The van der Waals surface area contributed by atoms with Gasteiger partial charge in [-0.15, -0.1) is 0 Å². The van der Waals surface area contributed by atoms with Crippen LogP contribution in [0.25, 0.3) is 0 Å². The number of aliphatic hydroxyl groups is 1. The first-order chi connectivity index (χ1) is 14.2. The van der Waals surface area contributed by atoms with Crippen LogP contribution in [0, 0.1) is 5.92 Å². The molecule has 0 radical (unpaired) electrons. The number of hydrogen-bond acceptors (Lipinski definition) is 5. The van der Waals surface area contributed by atoms with Crippen molar-refractivity contribution < 1.29 is 9.90 Å². The Morgan fingerprint density at radius 3 is 2.76 bits per heavy atom. The van der Waals surface area contributed by atoms with Crippen LogP contribution in [0.1, 0.15) is 54.8 Å². The molecule has 3 aliphatic rings. The van der Waals surface area contributed by atoms with Gasteiger partial charge in [0, 0.05) is 36.7 Å². The summed E-state index contributed by atoms with van der Waals surface area (Å²) < 4.78 is 0. The van der Waals surface area contributed by atoms with Crippen LogP contribution in [0.4, 0.5) is 5.82 Å². The minimum Gasteiger partial charge on any atom is -0.391 e. The molecular weight excluding hydrogens is 364 g/mol. The molecule has 0 bridgehead atoms. The quantitative estimate of drug-likeness (QED) is 0.837. The first kappa shape index (κ1) is 18.6. The Kier molecular flexibility index (Phi) is 4.96. The zero-order valence-electron chi connectivity index (χ0n) is 16.6. The molecule has 5 rings (SSSR count). The Morgan fingerprint density at radius 1 is 1.10 bits per heavy atom. The van der Waals surface area contributed by atoms with Crippen LogP contribution >= 0.6 is 0 Å². The van der Waals surface area contributed by atoms with Gasteiger partial charge >= 0.3 is 0 Å². The molecule has 0 unspecified atom stereocenters. The lowest BCUT2D eigenvalue weighted by atomic mass is 9.82. The average molecular weight is 393 g/mol. The summed E-state index contributed by atoms with van der Waals surface area (Å²) in [5.74, 6) is 1.49. The largest absolute Gasteiger partial charge is 0.391 e. The molecule has 0 spiro atoms. The number of aromatic nitrogens is 2. The predicted molar refractivity (Wildman–Crippen MR) is 110 cm³/mol. The fourth-order valence-electron chi connectivity index (χ4n) is 4.72. The molecule has 3 atom stereocenters. The van der Waals surface area contributed by atoms with Crippen molar-refractivity contribution in [3.63, 3.8) is 0 Å². The number of amides is 1. The molecule has 152 valence electrons.